The zero-order valence-corrected chi connectivity index (χ0v) is 19.3. The number of hydrogen-bond donors (Lipinski definition) is 1. The molecule has 0 bridgehead atoms. The zero-order chi connectivity index (χ0) is 25.1. The van der Waals surface area contributed by atoms with Crippen molar-refractivity contribution in [2.24, 2.45) is 0 Å². The number of aromatic nitrogens is 2. The van der Waals surface area contributed by atoms with E-state index in [9.17, 15) is 19.3 Å². The number of rotatable bonds is 8. The average molecular weight is 493 g/mol. The summed E-state index contributed by atoms with van der Waals surface area (Å²) in [6.45, 7) is 1.74. The summed E-state index contributed by atoms with van der Waals surface area (Å²) < 4.78 is 26.8. The monoisotopic (exact) mass is 493 g/mol. The maximum absolute atomic E-state index is 14.9. The number of halogens is 1. The van der Waals surface area contributed by atoms with Crippen molar-refractivity contribution in [3.05, 3.63) is 104 Å². The van der Waals surface area contributed by atoms with E-state index in [1.54, 1.807) is 12.1 Å². The molecular weight excluding hydrogens is 469 g/mol. The Balaban J connectivity index is 1.18. The number of benzene rings is 2. The first-order valence-corrected chi connectivity index (χ1v) is 11.6. The van der Waals surface area contributed by atoms with Crippen LogP contribution in [0.1, 0.15) is 36.0 Å². The van der Waals surface area contributed by atoms with Crippen molar-refractivity contribution in [3.63, 3.8) is 0 Å². The van der Waals surface area contributed by atoms with Crippen molar-refractivity contribution in [1.29, 1.82) is 0 Å². The minimum Gasteiger partial charge on any atom is -0.404 e. The van der Waals surface area contributed by atoms with E-state index in [0.717, 1.165) is 5.56 Å². The van der Waals surface area contributed by atoms with Gasteiger partial charge in [-0.2, -0.15) is 4.68 Å². The van der Waals surface area contributed by atoms with Crippen LogP contribution in [0.5, 0.6) is 0 Å². The lowest BCUT2D eigenvalue weighted by atomic mass is 9.96. The third kappa shape index (κ3) is 5.14. The van der Waals surface area contributed by atoms with Gasteiger partial charge in [0.2, 0.25) is 5.89 Å². The van der Waals surface area contributed by atoms with E-state index in [-0.39, 0.29) is 24.2 Å². The molecule has 1 fully saturated rings. The van der Waals surface area contributed by atoms with E-state index in [1.807, 2.05) is 35.2 Å². The molecule has 0 saturated carbocycles. The number of nitro groups is 1. The molecule has 36 heavy (non-hydrogen) atoms. The predicted octanol–water partition coefficient (Wildman–Crippen LogP) is 4.52. The minimum absolute atomic E-state index is 0.00710. The van der Waals surface area contributed by atoms with Gasteiger partial charge in [-0.3, -0.25) is 10.1 Å². The highest BCUT2D eigenvalue weighted by atomic mass is 19.1. The van der Waals surface area contributed by atoms with E-state index in [0.29, 0.717) is 55.5 Å². The van der Waals surface area contributed by atoms with Crippen molar-refractivity contribution in [2.75, 3.05) is 23.3 Å². The van der Waals surface area contributed by atoms with Crippen LogP contribution in [-0.2, 0) is 13.1 Å². The van der Waals surface area contributed by atoms with E-state index in [1.165, 1.54) is 22.9 Å². The van der Waals surface area contributed by atoms with Gasteiger partial charge in [0.05, 0.1) is 24.8 Å². The summed E-state index contributed by atoms with van der Waals surface area (Å²) in [5, 5.41) is 18.1. The quantitative estimate of drug-likeness (QED) is 0.281. The predicted molar refractivity (Wildman–Crippen MR) is 130 cm³/mol. The Labute approximate surface area is 205 Å². The van der Waals surface area contributed by atoms with Crippen molar-refractivity contribution in [3.8, 4) is 0 Å². The molecule has 1 saturated heterocycles. The molecule has 4 aromatic rings. The summed E-state index contributed by atoms with van der Waals surface area (Å²) in [7, 11) is 0. The lowest BCUT2D eigenvalue weighted by Crippen LogP contribution is -2.33. The summed E-state index contributed by atoms with van der Waals surface area (Å²) in [4.78, 5) is 24.3. The molecule has 0 unspecified atom stereocenters. The molecule has 11 heteroatoms. The Bertz CT molecular complexity index is 1410. The van der Waals surface area contributed by atoms with E-state index in [2.05, 4.69) is 10.4 Å². The maximum atomic E-state index is 14.9. The van der Waals surface area contributed by atoms with Gasteiger partial charge < -0.3 is 19.1 Å². The fourth-order valence-corrected chi connectivity index (χ4v) is 4.33. The maximum Gasteiger partial charge on any atom is 0.437 e. The molecule has 0 amide bonds. The SMILES string of the molecule is O=c1oc(C2CCN(c3ccc(NCc4ccc([N+](=O)[O-])o4)cc3F)CC2)nn1Cc1ccccc1. The highest BCUT2D eigenvalue weighted by molar-refractivity contribution is 5.56. The van der Waals surface area contributed by atoms with Gasteiger partial charge in [0.25, 0.3) is 0 Å². The van der Waals surface area contributed by atoms with Crippen LogP contribution in [0.4, 0.5) is 21.6 Å². The molecule has 3 heterocycles. The second-order valence-electron chi connectivity index (χ2n) is 8.63. The van der Waals surface area contributed by atoms with Gasteiger partial charge in [-0.15, -0.1) is 5.10 Å². The average Bonchev–Trinajstić information content (AvgIpc) is 3.51. The molecule has 0 aliphatic carbocycles. The van der Waals surface area contributed by atoms with Crippen LogP contribution in [0.15, 0.2) is 74.3 Å². The van der Waals surface area contributed by atoms with Crippen molar-refractivity contribution >= 4 is 17.3 Å². The minimum atomic E-state index is -0.606. The first-order valence-electron chi connectivity index (χ1n) is 11.6. The molecular formula is C25H24FN5O5. The van der Waals surface area contributed by atoms with Crippen LogP contribution in [0.2, 0.25) is 0 Å². The molecule has 1 aliphatic heterocycles. The highest BCUT2D eigenvalue weighted by Gasteiger charge is 2.27. The number of nitrogens with zero attached hydrogens (tertiary/aromatic N) is 4. The Hall–Kier alpha value is -4.41. The van der Waals surface area contributed by atoms with Crippen molar-refractivity contribution < 1.29 is 18.1 Å². The number of anilines is 2. The van der Waals surface area contributed by atoms with Crippen LogP contribution in [-0.4, -0.2) is 27.8 Å². The Kier molecular flexibility index (Phi) is 6.52. The van der Waals surface area contributed by atoms with Crippen molar-refractivity contribution in [1.82, 2.24) is 9.78 Å². The Morgan fingerprint density at radius 3 is 2.56 bits per heavy atom. The lowest BCUT2D eigenvalue weighted by molar-refractivity contribution is -0.402. The normalized spacial score (nSPS) is 14.2. The molecule has 1 aliphatic rings. The number of piperidine rings is 1. The second kappa shape index (κ2) is 10.1. The zero-order valence-electron chi connectivity index (χ0n) is 19.3. The molecule has 2 aromatic carbocycles. The molecule has 0 atom stereocenters. The first-order chi connectivity index (χ1) is 17.5. The second-order valence-corrected chi connectivity index (χ2v) is 8.63. The first kappa shape index (κ1) is 23.3. The number of hydrogen-bond acceptors (Lipinski definition) is 8. The molecule has 186 valence electrons. The van der Waals surface area contributed by atoms with Crippen LogP contribution in [0.3, 0.4) is 0 Å². The molecule has 0 spiro atoms. The van der Waals surface area contributed by atoms with Gasteiger partial charge in [0, 0.05) is 24.7 Å². The van der Waals surface area contributed by atoms with Gasteiger partial charge in [-0.25, -0.2) is 9.18 Å². The fourth-order valence-electron chi connectivity index (χ4n) is 4.33. The summed E-state index contributed by atoms with van der Waals surface area (Å²) in [5.41, 5.74) is 1.99. The van der Waals surface area contributed by atoms with Crippen LogP contribution < -0.4 is 16.0 Å². The van der Waals surface area contributed by atoms with Gasteiger partial charge in [-0.05, 0) is 42.7 Å². The smallest absolute Gasteiger partial charge is 0.404 e. The van der Waals surface area contributed by atoms with Gasteiger partial charge >= 0.3 is 11.6 Å². The third-order valence-corrected chi connectivity index (χ3v) is 6.22. The molecule has 5 rings (SSSR count). The Morgan fingerprint density at radius 2 is 1.86 bits per heavy atom. The summed E-state index contributed by atoms with van der Waals surface area (Å²) in [6, 6.07) is 17.2. The summed E-state index contributed by atoms with van der Waals surface area (Å²) in [6.07, 6.45) is 1.37. The molecule has 0 radical (unpaired) electrons. The van der Waals surface area contributed by atoms with Gasteiger partial charge in [0.15, 0.2) is 0 Å². The topological polar surface area (TPSA) is 120 Å². The largest absolute Gasteiger partial charge is 0.437 e. The van der Waals surface area contributed by atoms with Gasteiger partial charge in [-0.1, -0.05) is 30.3 Å². The third-order valence-electron chi connectivity index (χ3n) is 6.22. The molecule has 2 aromatic heterocycles. The number of furan rings is 1. The van der Waals surface area contributed by atoms with E-state index in [4.69, 9.17) is 8.83 Å². The summed E-state index contributed by atoms with van der Waals surface area (Å²) in [5.74, 6) is -0.386. The van der Waals surface area contributed by atoms with E-state index < -0.39 is 10.7 Å². The number of nitrogens with one attached hydrogen (secondary N) is 1. The van der Waals surface area contributed by atoms with Crippen molar-refractivity contribution in [2.45, 2.75) is 31.8 Å². The van der Waals surface area contributed by atoms with Crippen LogP contribution >= 0.6 is 0 Å². The molecule has 10 nitrogen and oxygen atoms in total. The Morgan fingerprint density at radius 1 is 1.08 bits per heavy atom. The van der Waals surface area contributed by atoms with Crippen LogP contribution in [0.25, 0.3) is 0 Å². The summed E-state index contributed by atoms with van der Waals surface area (Å²) >= 11 is 0. The standard InChI is InChI=1S/C25H24FN5O5/c26-21-14-19(27-15-20-7-9-23(35-20)31(33)34)6-8-22(21)29-12-10-18(11-13-29)24-28-30(25(32)36-24)16-17-4-2-1-3-5-17/h1-9,14,18,27H,10-13,15-16H2. The van der Waals surface area contributed by atoms with Gasteiger partial charge in [0.1, 0.15) is 16.5 Å². The fraction of sp³-hybridized carbons (Fsp3) is 0.280. The van der Waals surface area contributed by atoms with Crippen LogP contribution in [0, 0.1) is 15.9 Å². The highest BCUT2D eigenvalue weighted by Crippen LogP contribution is 2.31. The van der Waals surface area contributed by atoms with E-state index >= 15 is 0 Å². The lowest BCUT2D eigenvalue weighted by Gasteiger charge is -2.32. The molecule has 1 N–H and O–H groups in total.